The van der Waals surface area contributed by atoms with Gasteiger partial charge in [0.15, 0.2) is 0 Å². The van der Waals surface area contributed by atoms with Gasteiger partial charge in [-0.2, -0.15) is 13.2 Å². The van der Waals surface area contributed by atoms with Gasteiger partial charge in [-0.15, -0.1) is 0 Å². The van der Waals surface area contributed by atoms with E-state index in [2.05, 4.69) is 5.32 Å². The number of nitrogens with zero attached hydrogens (tertiary/aromatic N) is 2. The van der Waals surface area contributed by atoms with Crippen molar-refractivity contribution in [3.63, 3.8) is 0 Å². The summed E-state index contributed by atoms with van der Waals surface area (Å²) in [5, 5.41) is 2.57. The number of carbonyl (C=O) groups is 2. The second-order valence-electron chi connectivity index (χ2n) is 8.53. The van der Waals surface area contributed by atoms with Gasteiger partial charge in [0, 0.05) is 26.6 Å². The highest BCUT2D eigenvalue weighted by Gasteiger charge is 2.32. The highest BCUT2D eigenvalue weighted by molar-refractivity contribution is 7.92. The molecular formula is C25H32F3N3O4S. The highest BCUT2D eigenvalue weighted by atomic mass is 32.2. The minimum Gasteiger partial charge on any atom is -0.357 e. The van der Waals surface area contributed by atoms with E-state index < -0.39 is 27.8 Å². The summed E-state index contributed by atoms with van der Waals surface area (Å²) in [5.41, 5.74) is 0.780. The molecule has 2 aromatic carbocycles. The van der Waals surface area contributed by atoms with Crippen molar-refractivity contribution in [2.75, 3.05) is 24.2 Å². The predicted molar refractivity (Wildman–Crippen MR) is 133 cm³/mol. The average Bonchev–Trinajstić information content (AvgIpc) is 2.81. The molecule has 11 heteroatoms. The quantitative estimate of drug-likeness (QED) is 0.477. The third-order valence-electron chi connectivity index (χ3n) is 5.72. The molecule has 198 valence electrons. The lowest BCUT2D eigenvalue weighted by Crippen LogP contribution is -2.48. The topological polar surface area (TPSA) is 86.8 Å². The van der Waals surface area contributed by atoms with E-state index in [9.17, 15) is 31.2 Å². The molecule has 1 N–H and O–H groups in total. The van der Waals surface area contributed by atoms with Gasteiger partial charge in [-0.05, 0) is 43.5 Å². The molecule has 0 aliphatic rings. The SMILES string of the molecule is CCC(C(=O)NC)N(Cc1ccc(C)cc1)C(=O)CCCN(c1cccc(C(F)(F)F)c1)S(C)(=O)=O. The Morgan fingerprint density at radius 1 is 1.08 bits per heavy atom. The maximum Gasteiger partial charge on any atom is 0.416 e. The van der Waals surface area contributed by atoms with Crippen LogP contribution in [-0.4, -0.2) is 51.0 Å². The van der Waals surface area contributed by atoms with Crippen molar-refractivity contribution in [2.24, 2.45) is 0 Å². The van der Waals surface area contributed by atoms with E-state index in [-0.39, 0.29) is 43.4 Å². The van der Waals surface area contributed by atoms with Gasteiger partial charge in [0.2, 0.25) is 21.8 Å². The molecule has 0 saturated carbocycles. The number of sulfonamides is 1. The summed E-state index contributed by atoms with van der Waals surface area (Å²) >= 11 is 0. The second kappa shape index (κ2) is 12.2. The number of hydrogen-bond donors (Lipinski definition) is 1. The Hall–Kier alpha value is -3.08. The van der Waals surface area contributed by atoms with Gasteiger partial charge < -0.3 is 10.2 Å². The molecule has 1 unspecified atom stereocenters. The van der Waals surface area contributed by atoms with Gasteiger partial charge in [0.05, 0.1) is 17.5 Å². The minimum atomic E-state index is -4.62. The number of aryl methyl sites for hydroxylation is 1. The fourth-order valence-electron chi connectivity index (χ4n) is 3.82. The Morgan fingerprint density at radius 2 is 1.72 bits per heavy atom. The van der Waals surface area contributed by atoms with E-state index in [1.54, 1.807) is 6.92 Å². The molecule has 0 aromatic heterocycles. The molecular weight excluding hydrogens is 495 g/mol. The van der Waals surface area contributed by atoms with Crippen LogP contribution in [0.2, 0.25) is 0 Å². The van der Waals surface area contributed by atoms with Crippen LogP contribution in [0, 0.1) is 6.92 Å². The Balaban J connectivity index is 2.22. The summed E-state index contributed by atoms with van der Waals surface area (Å²) in [7, 11) is -2.43. The maximum atomic E-state index is 13.2. The monoisotopic (exact) mass is 527 g/mol. The fourth-order valence-corrected chi connectivity index (χ4v) is 4.77. The van der Waals surface area contributed by atoms with Gasteiger partial charge >= 0.3 is 6.18 Å². The van der Waals surface area contributed by atoms with Crippen LogP contribution in [0.4, 0.5) is 18.9 Å². The van der Waals surface area contributed by atoms with Crippen LogP contribution >= 0.6 is 0 Å². The first-order valence-electron chi connectivity index (χ1n) is 11.5. The molecule has 0 aliphatic carbocycles. The zero-order chi connectivity index (χ0) is 27.1. The van der Waals surface area contributed by atoms with E-state index >= 15 is 0 Å². The Morgan fingerprint density at radius 3 is 2.25 bits per heavy atom. The van der Waals surface area contributed by atoms with Crippen molar-refractivity contribution >= 4 is 27.5 Å². The summed E-state index contributed by atoms with van der Waals surface area (Å²) < 4.78 is 64.9. The summed E-state index contributed by atoms with van der Waals surface area (Å²) in [6.45, 7) is 3.72. The molecule has 0 heterocycles. The van der Waals surface area contributed by atoms with Crippen LogP contribution in [0.1, 0.15) is 42.9 Å². The van der Waals surface area contributed by atoms with Crippen LogP contribution in [0.15, 0.2) is 48.5 Å². The lowest BCUT2D eigenvalue weighted by atomic mass is 10.1. The van der Waals surface area contributed by atoms with Crippen LogP contribution in [0.5, 0.6) is 0 Å². The molecule has 0 spiro atoms. The van der Waals surface area contributed by atoms with Crippen LogP contribution in [0.3, 0.4) is 0 Å². The molecule has 0 radical (unpaired) electrons. The largest absolute Gasteiger partial charge is 0.416 e. The molecule has 0 saturated heterocycles. The zero-order valence-corrected chi connectivity index (χ0v) is 21.6. The Kier molecular flexibility index (Phi) is 9.92. The molecule has 36 heavy (non-hydrogen) atoms. The van der Waals surface area contributed by atoms with Gasteiger partial charge in [0.1, 0.15) is 6.04 Å². The Bertz CT molecular complexity index is 1150. The fraction of sp³-hybridized carbons (Fsp3) is 0.440. The summed E-state index contributed by atoms with van der Waals surface area (Å²) in [6.07, 6.45) is -3.39. The average molecular weight is 528 g/mol. The van der Waals surface area contributed by atoms with E-state index in [4.69, 9.17) is 0 Å². The number of rotatable bonds is 11. The molecule has 0 bridgehead atoms. The molecule has 2 amide bonds. The van der Waals surface area contributed by atoms with E-state index in [1.165, 1.54) is 18.0 Å². The van der Waals surface area contributed by atoms with Crippen LogP contribution < -0.4 is 9.62 Å². The molecule has 1 atom stereocenters. The van der Waals surface area contributed by atoms with Crippen LogP contribution in [-0.2, 0) is 32.3 Å². The van der Waals surface area contributed by atoms with E-state index in [0.717, 1.165) is 39.9 Å². The van der Waals surface area contributed by atoms with Gasteiger partial charge in [-0.3, -0.25) is 13.9 Å². The molecule has 2 aromatic rings. The first-order chi connectivity index (χ1) is 16.8. The van der Waals surface area contributed by atoms with Gasteiger partial charge in [-0.25, -0.2) is 8.42 Å². The number of nitrogens with one attached hydrogen (secondary N) is 1. The zero-order valence-electron chi connectivity index (χ0n) is 20.8. The predicted octanol–water partition coefficient (Wildman–Crippen LogP) is 4.11. The van der Waals surface area contributed by atoms with Gasteiger partial charge in [-0.1, -0.05) is 42.8 Å². The van der Waals surface area contributed by atoms with E-state index in [1.807, 2.05) is 31.2 Å². The first-order valence-corrected chi connectivity index (χ1v) is 13.3. The second-order valence-corrected chi connectivity index (χ2v) is 10.4. The maximum absolute atomic E-state index is 13.2. The van der Waals surface area contributed by atoms with Crippen molar-refractivity contribution < 1.29 is 31.2 Å². The third kappa shape index (κ3) is 7.97. The number of carbonyl (C=O) groups excluding carboxylic acids is 2. The van der Waals surface area contributed by atoms with Crippen molar-refractivity contribution in [1.82, 2.24) is 10.2 Å². The molecule has 0 aliphatic heterocycles. The number of benzene rings is 2. The number of likely N-dealkylation sites (N-methyl/N-ethyl adjacent to an activating group) is 1. The lowest BCUT2D eigenvalue weighted by molar-refractivity contribution is -0.141. The summed E-state index contributed by atoms with van der Waals surface area (Å²) in [5.74, 6) is -0.678. The van der Waals surface area contributed by atoms with Crippen molar-refractivity contribution in [2.45, 2.75) is 51.9 Å². The van der Waals surface area contributed by atoms with Gasteiger partial charge in [0.25, 0.3) is 0 Å². The number of hydrogen-bond acceptors (Lipinski definition) is 4. The van der Waals surface area contributed by atoms with Crippen molar-refractivity contribution in [3.8, 4) is 0 Å². The number of alkyl halides is 3. The summed E-state index contributed by atoms with van der Waals surface area (Å²) in [6, 6.07) is 10.9. The first kappa shape index (κ1) is 29.2. The molecule has 2 rings (SSSR count). The number of amides is 2. The van der Waals surface area contributed by atoms with Crippen LogP contribution in [0.25, 0.3) is 0 Å². The number of anilines is 1. The third-order valence-corrected chi connectivity index (χ3v) is 6.91. The van der Waals surface area contributed by atoms with Crippen molar-refractivity contribution in [1.29, 1.82) is 0 Å². The number of halogens is 3. The summed E-state index contributed by atoms with van der Waals surface area (Å²) in [4.78, 5) is 27.1. The standard InChI is InChI=1S/C25H32F3N3O4S/c1-5-22(24(33)29-3)30(17-19-13-11-18(2)12-14-19)23(32)10-7-15-31(36(4,34)35)21-9-6-8-20(16-21)25(26,27)28/h6,8-9,11-14,16,22H,5,7,10,15,17H2,1-4H3,(H,29,33). The molecule has 0 fully saturated rings. The lowest BCUT2D eigenvalue weighted by Gasteiger charge is -2.31. The normalized spacial score (nSPS) is 12.6. The van der Waals surface area contributed by atoms with E-state index in [0.29, 0.717) is 6.42 Å². The van der Waals surface area contributed by atoms with Crippen molar-refractivity contribution in [3.05, 3.63) is 65.2 Å². The highest BCUT2D eigenvalue weighted by Crippen LogP contribution is 2.32. The Labute approximate surface area is 210 Å². The minimum absolute atomic E-state index is 0.0523. The smallest absolute Gasteiger partial charge is 0.357 e. The molecule has 7 nitrogen and oxygen atoms in total.